The molecule has 0 rings (SSSR count). The van der Waals surface area contributed by atoms with Gasteiger partial charge in [0.25, 0.3) is 0 Å². The lowest BCUT2D eigenvalue weighted by Gasteiger charge is -2.25. The van der Waals surface area contributed by atoms with E-state index in [2.05, 4.69) is 30.4 Å². The van der Waals surface area contributed by atoms with Crippen molar-refractivity contribution in [1.82, 2.24) is 9.62 Å². The minimum Gasteiger partial charge on any atom is -0.304 e. The summed E-state index contributed by atoms with van der Waals surface area (Å²) in [6.45, 7) is 13.5. The average Bonchev–Trinajstić information content (AvgIpc) is 2.36. The predicted octanol–water partition coefficient (Wildman–Crippen LogP) is 2.61. The molecule has 0 aliphatic rings. The van der Waals surface area contributed by atoms with Gasteiger partial charge in [0.1, 0.15) is 0 Å². The maximum Gasteiger partial charge on any atom is 0.216 e. The summed E-state index contributed by atoms with van der Waals surface area (Å²) in [5.41, 5.74) is 0. The lowest BCUT2D eigenvalue weighted by atomic mass is 10.1. The molecule has 116 valence electrons. The van der Waals surface area contributed by atoms with Crippen molar-refractivity contribution >= 4 is 10.0 Å². The smallest absolute Gasteiger partial charge is 0.216 e. The molecule has 0 aromatic carbocycles. The topological polar surface area (TPSA) is 49.4 Å². The van der Waals surface area contributed by atoms with Gasteiger partial charge in [-0.1, -0.05) is 33.6 Å². The van der Waals surface area contributed by atoms with Crippen molar-refractivity contribution in [3.05, 3.63) is 0 Å². The predicted molar refractivity (Wildman–Crippen MR) is 82.9 cm³/mol. The number of rotatable bonds is 11. The van der Waals surface area contributed by atoms with Gasteiger partial charge in [-0.25, -0.2) is 13.1 Å². The quantitative estimate of drug-likeness (QED) is 0.596. The SMILES string of the molecule is CCCCC(C)(C)S(=O)(=O)NCCCN(CC)CC. The normalized spacial score (nSPS) is 13.2. The molecular formula is C14H32N2O2S. The zero-order chi connectivity index (χ0) is 14.9. The van der Waals surface area contributed by atoms with Crippen molar-refractivity contribution in [2.45, 2.75) is 65.0 Å². The first-order valence-corrected chi connectivity index (χ1v) is 9.00. The molecule has 0 saturated carbocycles. The first-order chi connectivity index (χ1) is 8.80. The van der Waals surface area contributed by atoms with Gasteiger partial charge in [-0.15, -0.1) is 0 Å². The molecule has 0 aliphatic carbocycles. The van der Waals surface area contributed by atoms with Crippen LogP contribution >= 0.6 is 0 Å². The second-order valence-electron chi connectivity index (χ2n) is 5.64. The van der Waals surface area contributed by atoms with Gasteiger partial charge in [0, 0.05) is 6.54 Å². The molecule has 4 nitrogen and oxygen atoms in total. The van der Waals surface area contributed by atoms with Gasteiger partial charge in [0.2, 0.25) is 10.0 Å². The van der Waals surface area contributed by atoms with E-state index in [-0.39, 0.29) is 0 Å². The summed E-state index contributed by atoms with van der Waals surface area (Å²) < 4.78 is 26.5. The largest absolute Gasteiger partial charge is 0.304 e. The van der Waals surface area contributed by atoms with E-state index < -0.39 is 14.8 Å². The van der Waals surface area contributed by atoms with Gasteiger partial charge >= 0.3 is 0 Å². The Morgan fingerprint density at radius 1 is 1.05 bits per heavy atom. The molecule has 0 spiro atoms. The van der Waals surface area contributed by atoms with E-state index in [4.69, 9.17) is 0 Å². The van der Waals surface area contributed by atoms with Crippen LogP contribution in [0, 0.1) is 0 Å². The summed E-state index contributed by atoms with van der Waals surface area (Å²) in [6, 6.07) is 0. The Labute approximate surface area is 120 Å². The van der Waals surface area contributed by atoms with Gasteiger partial charge in [-0.2, -0.15) is 0 Å². The van der Waals surface area contributed by atoms with Gasteiger partial charge < -0.3 is 4.90 Å². The Morgan fingerprint density at radius 2 is 1.63 bits per heavy atom. The molecule has 0 aromatic heterocycles. The summed E-state index contributed by atoms with van der Waals surface area (Å²) in [7, 11) is -3.21. The lowest BCUT2D eigenvalue weighted by molar-refractivity contribution is 0.300. The molecule has 0 radical (unpaired) electrons. The van der Waals surface area contributed by atoms with Crippen LogP contribution < -0.4 is 4.72 Å². The molecule has 19 heavy (non-hydrogen) atoms. The van der Waals surface area contributed by atoms with Gasteiger partial charge in [-0.3, -0.25) is 0 Å². The third-order valence-electron chi connectivity index (χ3n) is 3.70. The Morgan fingerprint density at radius 3 is 2.11 bits per heavy atom. The fourth-order valence-corrected chi connectivity index (χ4v) is 3.20. The summed E-state index contributed by atoms with van der Waals surface area (Å²) in [5.74, 6) is 0. The highest BCUT2D eigenvalue weighted by atomic mass is 32.2. The van der Waals surface area contributed by atoms with Crippen LogP contribution in [0.15, 0.2) is 0 Å². The van der Waals surface area contributed by atoms with Gasteiger partial charge in [-0.05, 0) is 46.3 Å². The van der Waals surface area contributed by atoms with Crippen LogP contribution in [-0.4, -0.2) is 44.2 Å². The van der Waals surface area contributed by atoms with Crippen LogP contribution in [0.25, 0.3) is 0 Å². The average molecular weight is 292 g/mol. The van der Waals surface area contributed by atoms with Gasteiger partial charge in [0.05, 0.1) is 4.75 Å². The molecule has 0 aromatic rings. The minimum absolute atomic E-state index is 0.536. The number of sulfonamides is 1. The highest BCUT2D eigenvalue weighted by molar-refractivity contribution is 7.90. The highest BCUT2D eigenvalue weighted by Gasteiger charge is 2.32. The van der Waals surface area contributed by atoms with Crippen LogP contribution in [0.1, 0.15) is 60.3 Å². The molecule has 0 bridgehead atoms. The van der Waals surface area contributed by atoms with Crippen LogP contribution in [0.4, 0.5) is 0 Å². The molecule has 0 unspecified atom stereocenters. The molecule has 0 atom stereocenters. The monoisotopic (exact) mass is 292 g/mol. The van der Waals surface area contributed by atoms with Crippen molar-refractivity contribution < 1.29 is 8.42 Å². The van der Waals surface area contributed by atoms with Crippen molar-refractivity contribution in [3.8, 4) is 0 Å². The first-order valence-electron chi connectivity index (χ1n) is 7.52. The molecule has 0 fully saturated rings. The van der Waals surface area contributed by atoms with Crippen molar-refractivity contribution in [1.29, 1.82) is 0 Å². The Hall–Kier alpha value is -0.130. The fraction of sp³-hybridized carbons (Fsp3) is 1.00. The second kappa shape index (κ2) is 8.93. The van der Waals surface area contributed by atoms with E-state index in [1.54, 1.807) is 0 Å². The van der Waals surface area contributed by atoms with E-state index in [1.165, 1.54) is 0 Å². The van der Waals surface area contributed by atoms with E-state index in [1.807, 2.05) is 13.8 Å². The van der Waals surface area contributed by atoms with Crippen molar-refractivity contribution in [2.75, 3.05) is 26.2 Å². The Bertz CT molecular complexity index is 322. The Balaban J connectivity index is 4.16. The molecule has 1 N–H and O–H groups in total. The van der Waals surface area contributed by atoms with Crippen LogP contribution in [0.2, 0.25) is 0 Å². The molecule has 5 heteroatoms. The van der Waals surface area contributed by atoms with E-state index in [0.29, 0.717) is 6.54 Å². The number of unbranched alkanes of at least 4 members (excludes halogenated alkanes) is 1. The number of nitrogens with one attached hydrogen (secondary N) is 1. The maximum atomic E-state index is 12.2. The Kier molecular flexibility index (Phi) is 8.86. The standard InChI is InChI=1S/C14H32N2O2S/c1-6-9-11-14(4,5)19(17,18)15-12-10-13-16(7-2)8-3/h15H,6-13H2,1-5H3. The summed E-state index contributed by atoms with van der Waals surface area (Å²) in [6.07, 6.45) is 3.56. The summed E-state index contributed by atoms with van der Waals surface area (Å²) in [4.78, 5) is 2.30. The second-order valence-corrected chi connectivity index (χ2v) is 8.04. The maximum absolute atomic E-state index is 12.2. The minimum atomic E-state index is -3.21. The lowest BCUT2D eigenvalue weighted by Crippen LogP contribution is -2.42. The highest BCUT2D eigenvalue weighted by Crippen LogP contribution is 2.22. The van der Waals surface area contributed by atoms with E-state index >= 15 is 0 Å². The molecule has 0 saturated heterocycles. The van der Waals surface area contributed by atoms with Crippen molar-refractivity contribution in [2.24, 2.45) is 0 Å². The zero-order valence-electron chi connectivity index (χ0n) is 13.3. The molecule has 0 heterocycles. The fourth-order valence-electron chi connectivity index (χ4n) is 1.98. The molecule has 0 aliphatic heterocycles. The number of nitrogens with zero attached hydrogens (tertiary/aromatic N) is 1. The number of hydrogen-bond acceptors (Lipinski definition) is 3. The van der Waals surface area contributed by atoms with E-state index in [9.17, 15) is 8.42 Å². The van der Waals surface area contributed by atoms with Crippen LogP contribution in [0.3, 0.4) is 0 Å². The van der Waals surface area contributed by atoms with Crippen LogP contribution in [-0.2, 0) is 10.0 Å². The van der Waals surface area contributed by atoms with E-state index in [0.717, 1.165) is 45.3 Å². The third-order valence-corrected chi connectivity index (χ3v) is 5.94. The third kappa shape index (κ3) is 6.72. The summed E-state index contributed by atoms with van der Waals surface area (Å²) >= 11 is 0. The van der Waals surface area contributed by atoms with Gasteiger partial charge in [0.15, 0.2) is 0 Å². The van der Waals surface area contributed by atoms with Crippen molar-refractivity contribution in [3.63, 3.8) is 0 Å². The van der Waals surface area contributed by atoms with Crippen LogP contribution in [0.5, 0.6) is 0 Å². The summed E-state index contributed by atoms with van der Waals surface area (Å²) in [5, 5.41) is 0. The zero-order valence-corrected chi connectivity index (χ0v) is 14.1. The number of hydrogen-bond donors (Lipinski definition) is 1. The molecule has 0 amide bonds. The molecular weight excluding hydrogens is 260 g/mol. The first kappa shape index (κ1) is 18.9.